The molecule has 3 aromatic rings. The van der Waals surface area contributed by atoms with Gasteiger partial charge in [0, 0.05) is 30.4 Å². The van der Waals surface area contributed by atoms with Gasteiger partial charge < -0.3 is 14.4 Å². The molecule has 0 saturated carbocycles. The normalized spacial score (nSPS) is 10.4. The molecule has 2 aromatic carbocycles. The summed E-state index contributed by atoms with van der Waals surface area (Å²) in [6.07, 6.45) is 1.72. The van der Waals surface area contributed by atoms with Gasteiger partial charge in [0.25, 0.3) is 0 Å². The number of phenols is 1. The van der Waals surface area contributed by atoms with E-state index in [9.17, 15) is 9.90 Å². The van der Waals surface area contributed by atoms with E-state index in [1.165, 1.54) is 10.6 Å². The molecule has 0 atom stereocenters. The van der Waals surface area contributed by atoms with Crippen LogP contribution in [0, 0.1) is 0 Å². The number of hydrogen-bond acceptors (Lipinski definition) is 3. The van der Waals surface area contributed by atoms with Crippen LogP contribution in [0.2, 0.25) is 0 Å². The molecule has 0 amide bonds. The van der Waals surface area contributed by atoms with Crippen LogP contribution in [-0.4, -0.2) is 9.67 Å². The van der Waals surface area contributed by atoms with Crippen LogP contribution in [0.25, 0.3) is 11.1 Å². The van der Waals surface area contributed by atoms with Gasteiger partial charge in [0.2, 0.25) is 5.56 Å². The van der Waals surface area contributed by atoms with Gasteiger partial charge in [-0.1, -0.05) is 18.2 Å². The minimum atomic E-state index is -0.0885. The van der Waals surface area contributed by atoms with Crippen molar-refractivity contribution in [1.29, 1.82) is 0 Å². The van der Waals surface area contributed by atoms with Crippen LogP contribution in [0.5, 0.6) is 17.2 Å². The Morgan fingerprint density at radius 3 is 2.50 bits per heavy atom. The van der Waals surface area contributed by atoms with Crippen LogP contribution in [0.1, 0.15) is 0 Å². The standard InChI is InChI=1S/C18H15NO3/c1-19-12-13(7-10-18(19)21)16-11-14(20)8-9-17(16)22-15-5-3-2-4-6-15/h2-12,20H,1H3. The van der Waals surface area contributed by atoms with Crippen molar-refractivity contribution in [3.8, 4) is 28.4 Å². The molecule has 0 aliphatic heterocycles. The molecule has 22 heavy (non-hydrogen) atoms. The number of hydrogen-bond donors (Lipinski definition) is 1. The Kier molecular flexibility index (Phi) is 3.66. The zero-order chi connectivity index (χ0) is 15.5. The molecular formula is C18H15NO3. The van der Waals surface area contributed by atoms with E-state index in [4.69, 9.17) is 4.74 Å². The number of aromatic nitrogens is 1. The number of nitrogens with zero attached hydrogens (tertiary/aromatic N) is 1. The Morgan fingerprint density at radius 1 is 1.00 bits per heavy atom. The largest absolute Gasteiger partial charge is 0.508 e. The Balaban J connectivity index is 2.08. The number of benzene rings is 2. The van der Waals surface area contributed by atoms with Crippen LogP contribution < -0.4 is 10.3 Å². The molecule has 0 fully saturated rings. The second-order valence-electron chi connectivity index (χ2n) is 4.96. The Morgan fingerprint density at radius 2 is 1.77 bits per heavy atom. The minimum absolute atomic E-state index is 0.0885. The fourth-order valence-corrected chi connectivity index (χ4v) is 2.20. The number of para-hydroxylation sites is 1. The second-order valence-corrected chi connectivity index (χ2v) is 4.96. The molecule has 1 N–H and O–H groups in total. The van der Waals surface area contributed by atoms with E-state index in [2.05, 4.69) is 0 Å². The van der Waals surface area contributed by atoms with Gasteiger partial charge >= 0.3 is 0 Å². The van der Waals surface area contributed by atoms with E-state index in [0.717, 1.165) is 11.1 Å². The lowest BCUT2D eigenvalue weighted by Gasteiger charge is -2.12. The second kappa shape index (κ2) is 5.77. The summed E-state index contributed by atoms with van der Waals surface area (Å²) in [4.78, 5) is 11.5. The molecule has 110 valence electrons. The first-order chi connectivity index (χ1) is 10.6. The van der Waals surface area contributed by atoms with E-state index in [1.54, 1.807) is 37.5 Å². The van der Waals surface area contributed by atoms with Gasteiger partial charge in [-0.15, -0.1) is 0 Å². The topological polar surface area (TPSA) is 51.5 Å². The van der Waals surface area contributed by atoms with Crippen molar-refractivity contribution in [1.82, 2.24) is 4.57 Å². The summed E-state index contributed by atoms with van der Waals surface area (Å²) in [5.74, 6) is 1.46. The summed E-state index contributed by atoms with van der Waals surface area (Å²) in [6, 6.07) is 17.5. The molecule has 3 rings (SSSR count). The Bertz CT molecular complexity index is 854. The summed E-state index contributed by atoms with van der Waals surface area (Å²) in [5, 5.41) is 9.76. The van der Waals surface area contributed by atoms with Crippen LogP contribution in [0.4, 0.5) is 0 Å². The Labute approximate surface area is 127 Å². The molecule has 1 aromatic heterocycles. The van der Waals surface area contributed by atoms with E-state index < -0.39 is 0 Å². The molecule has 0 aliphatic rings. The third-order valence-electron chi connectivity index (χ3n) is 3.33. The van der Waals surface area contributed by atoms with Gasteiger partial charge in [0.15, 0.2) is 0 Å². The maximum absolute atomic E-state index is 11.5. The zero-order valence-electron chi connectivity index (χ0n) is 12.1. The zero-order valence-corrected chi connectivity index (χ0v) is 12.1. The van der Waals surface area contributed by atoms with Crippen LogP contribution in [-0.2, 0) is 7.05 Å². The molecule has 0 radical (unpaired) electrons. The highest BCUT2D eigenvalue weighted by Gasteiger charge is 2.10. The number of pyridine rings is 1. The number of aryl methyl sites for hydroxylation is 1. The fraction of sp³-hybridized carbons (Fsp3) is 0.0556. The number of ether oxygens (including phenoxy) is 1. The van der Waals surface area contributed by atoms with Crippen LogP contribution in [0.15, 0.2) is 71.7 Å². The molecular weight excluding hydrogens is 278 g/mol. The van der Waals surface area contributed by atoms with Gasteiger partial charge in [-0.25, -0.2) is 0 Å². The summed E-state index contributed by atoms with van der Waals surface area (Å²) in [6.45, 7) is 0. The van der Waals surface area contributed by atoms with Gasteiger partial charge in [0.05, 0.1) is 0 Å². The maximum Gasteiger partial charge on any atom is 0.250 e. The number of phenolic OH excluding ortho intramolecular Hbond substituents is 1. The van der Waals surface area contributed by atoms with Crippen molar-refractivity contribution < 1.29 is 9.84 Å². The number of aromatic hydroxyl groups is 1. The predicted molar refractivity (Wildman–Crippen MR) is 85.3 cm³/mol. The van der Waals surface area contributed by atoms with Crippen LogP contribution >= 0.6 is 0 Å². The van der Waals surface area contributed by atoms with E-state index >= 15 is 0 Å². The van der Waals surface area contributed by atoms with E-state index in [1.807, 2.05) is 30.3 Å². The molecule has 1 heterocycles. The molecule has 4 heteroatoms. The minimum Gasteiger partial charge on any atom is -0.508 e. The third-order valence-corrected chi connectivity index (χ3v) is 3.33. The summed E-state index contributed by atoms with van der Waals surface area (Å²) < 4.78 is 7.38. The average Bonchev–Trinajstić information content (AvgIpc) is 2.53. The highest BCUT2D eigenvalue weighted by molar-refractivity contribution is 5.71. The lowest BCUT2D eigenvalue weighted by molar-refractivity contribution is 0.465. The first kappa shape index (κ1) is 13.9. The molecule has 0 aliphatic carbocycles. The van der Waals surface area contributed by atoms with Crippen molar-refractivity contribution in [2.24, 2.45) is 7.05 Å². The molecule has 4 nitrogen and oxygen atoms in total. The first-order valence-corrected chi connectivity index (χ1v) is 6.86. The van der Waals surface area contributed by atoms with Crippen molar-refractivity contribution in [3.05, 3.63) is 77.2 Å². The van der Waals surface area contributed by atoms with E-state index in [0.29, 0.717) is 11.5 Å². The SMILES string of the molecule is Cn1cc(-c2cc(O)ccc2Oc2ccccc2)ccc1=O. The van der Waals surface area contributed by atoms with Gasteiger partial charge in [-0.3, -0.25) is 4.79 Å². The summed E-state index contributed by atoms with van der Waals surface area (Å²) in [7, 11) is 1.69. The predicted octanol–water partition coefficient (Wildman–Crippen LogP) is 3.55. The number of rotatable bonds is 3. The highest BCUT2D eigenvalue weighted by Crippen LogP contribution is 2.35. The molecule has 0 spiro atoms. The average molecular weight is 293 g/mol. The lowest BCUT2D eigenvalue weighted by Crippen LogP contribution is -2.13. The quantitative estimate of drug-likeness (QED) is 0.803. The molecule has 0 bridgehead atoms. The van der Waals surface area contributed by atoms with Gasteiger partial charge in [-0.2, -0.15) is 0 Å². The van der Waals surface area contributed by atoms with E-state index in [-0.39, 0.29) is 11.3 Å². The lowest BCUT2D eigenvalue weighted by atomic mass is 10.1. The van der Waals surface area contributed by atoms with Crippen molar-refractivity contribution in [2.75, 3.05) is 0 Å². The third kappa shape index (κ3) is 2.86. The summed E-state index contributed by atoms with van der Waals surface area (Å²) in [5.41, 5.74) is 1.43. The fourth-order valence-electron chi connectivity index (χ4n) is 2.20. The first-order valence-electron chi connectivity index (χ1n) is 6.86. The highest BCUT2D eigenvalue weighted by atomic mass is 16.5. The summed E-state index contributed by atoms with van der Waals surface area (Å²) >= 11 is 0. The molecule has 0 saturated heterocycles. The smallest absolute Gasteiger partial charge is 0.250 e. The van der Waals surface area contributed by atoms with Crippen LogP contribution in [0.3, 0.4) is 0 Å². The van der Waals surface area contributed by atoms with Crippen molar-refractivity contribution >= 4 is 0 Å². The van der Waals surface area contributed by atoms with Gasteiger partial charge in [0.1, 0.15) is 17.2 Å². The van der Waals surface area contributed by atoms with Crippen molar-refractivity contribution in [2.45, 2.75) is 0 Å². The Hall–Kier alpha value is -3.01. The van der Waals surface area contributed by atoms with Gasteiger partial charge in [-0.05, 0) is 36.4 Å². The van der Waals surface area contributed by atoms with Crippen molar-refractivity contribution in [3.63, 3.8) is 0 Å². The maximum atomic E-state index is 11.5. The monoisotopic (exact) mass is 293 g/mol. The molecule has 0 unspecified atom stereocenters.